The van der Waals surface area contributed by atoms with Crippen molar-refractivity contribution in [1.82, 2.24) is 20.6 Å². The first-order chi connectivity index (χ1) is 16.8. The van der Waals surface area contributed by atoms with E-state index in [1.54, 1.807) is 20.8 Å². The number of amides is 2. The molecule has 1 atom stereocenters. The Kier molecular flexibility index (Phi) is 9.08. The van der Waals surface area contributed by atoms with Gasteiger partial charge in [0.2, 0.25) is 5.91 Å². The maximum absolute atomic E-state index is 13.3. The fraction of sp³-hybridized carbons (Fsp3) is 0.560. The molecular formula is C25H32BrF3N4O3. The van der Waals surface area contributed by atoms with Crippen LogP contribution in [0, 0.1) is 11.8 Å². The van der Waals surface area contributed by atoms with Gasteiger partial charge >= 0.3 is 12.3 Å². The van der Waals surface area contributed by atoms with Crippen molar-refractivity contribution < 1.29 is 27.5 Å². The number of aromatic amines is 1. The van der Waals surface area contributed by atoms with Gasteiger partial charge < -0.3 is 20.4 Å². The van der Waals surface area contributed by atoms with Crippen LogP contribution in [0.4, 0.5) is 18.0 Å². The first-order valence-corrected chi connectivity index (χ1v) is 12.7. The number of halogens is 4. The van der Waals surface area contributed by atoms with Crippen LogP contribution < -0.4 is 10.6 Å². The van der Waals surface area contributed by atoms with E-state index in [2.05, 4.69) is 36.5 Å². The third kappa shape index (κ3) is 8.25. The number of H-pyrrole nitrogens is 1. The Labute approximate surface area is 217 Å². The van der Waals surface area contributed by atoms with Crippen molar-refractivity contribution in [1.29, 1.82) is 0 Å². The number of imidazole rings is 1. The average Bonchev–Trinajstić information content (AvgIpc) is 3.19. The van der Waals surface area contributed by atoms with Crippen molar-refractivity contribution in [3.8, 4) is 0 Å². The first-order valence-electron chi connectivity index (χ1n) is 12.0. The normalized spacial score (nSPS) is 19.4. The SMILES string of the molecule is CC(C)(C)OC(=O)NCC1CCC(C(=O)N[C@@H](Cc2ccccc2)c2nc(Br)c(C(F)(F)F)[nH]2)CC1. The molecule has 7 nitrogen and oxygen atoms in total. The van der Waals surface area contributed by atoms with Gasteiger partial charge in [0.05, 0.1) is 6.04 Å². The lowest BCUT2D eigenvalue weighted by Crippen LogP contribution is -2.39. The van der Waals surface area contributed by atoms with Crippen LogP contribution in [0.2, 0.25) is 0 Å². The predicted molar refractivity (Wildman–Crippen MR) is 132 cm³/mol. The zero-order chi connectivity index (χ0) is 26.5. The first kappa shape index (κ1) is 28.0. The lowest BCUT2D eigenvalue weighted by atomic mass is 9.81. The number of nitrogens with one attached hydrogen (secondary N) is 3. The van der Waals surface area contributed by atoms with Crippen molar-refractivity contribution >= 4 is 27.9 Å². The summed E-state index contributed by atoms with van der Waals surface area (Å²) in [7, 11) is 0. The smallest absolute Gasteiger partial charge is 0.433 e. The van der Waals surface area contributed by atoms with Gasteiger partial charge in [0.15, 0.2) is 5.69 Å². The van der Waals surface area contributed by atoms with Gasteiger partial charge in [-0.2, -0.15) is 13.2 Å². The van der Waals surface area contributed by atoms with E-state index in [1.807, 2.05) is 30.3 Å². The number of hydrogen-bond donors (Lipinski definition) is 3. The van der Waals surface area contributed by atoms with E-state index in [0.29, 0.717) is 25.8 Å². The maximum atomic E-state index is 13.3. The lowest BCUT2D eigenvalue weighted by molar-refractivity contribution is -0.141. The van der Waals surface area contributed by atoms with Gasteiger partial charge in [0.25, 0.3) is 0 Å². The molecule has 0 aliphatic heterocycles. The second-order valence-corrected chi connectivity index (χ2v) is 10.9. The summed E-state index contributed by atoms with van der Waals surface area (Å²) in [6.45, 7) is 5.87. The third-order valence-electron chi connectivity index (χ3n) is 6.04. The minimum atomic E-state index is -4.60. The standard InChI is InChI=1S/C25H32BrF3N4O3/c1-24(2,3)36-23(35)30-14-16-9-11-17(12-10-16)22(34)31-18(13-15-7-5-4-6-8-15)21-32-19(20(26)33-21)25(27,28)29/h4-8,16-18H,9-14H2,1-3H3,(H,30,35)(H,31,34)(H,32,33)/t16?,17?,18-/m0/s1. The number of carbonyl (C=O) groups excluding carboxylic acids is 2. The molecule has 1 aromatic carbocycles. The van der Waals surface area contributed by atoms with Gasteiger partial charge in [-0.25, -0.2) is 9.78 Å². The van der Waals surface area contributed by atoms with Crippen molar-refractivity contribution in [3.63, 3.8) is 0 Å². The van der Waals surface area contributed by atoms with Crippen molar-refractivity contribution in [2.75, 3.05) is 6.54 Å². The second kappa shape index (κ2) is 11.7. The molecular weight excluding hydrogens is 541 g/mol. The molecule has 0 radical (unpaired) electrons. The van der Waals surface area contributed by atoms with Gasteiger partial charge in [-0.1, -0.05) is 30.3 Å². The zero-order valence-corrected chi connectivity index (χ0v) is 22.1. The molecule has 0 saturated heterocycles. The van der Waals surface area contributed by atoms with Crippen LogP contribution >= 0.6 is 15.9 Å². The number of rotatable bonds is 7. The summed E-state index contributed by atoms with van der Waals surface area (Å²) in [5, 5.41) is 5.71. The summed E-state index contributed by atoms with van der Waals surface area (Å²) >= 11 is 2.88. The Bertz CT molecular complexity index is 1030. The van der Waals surface area contributed by atoms with Crippen molar-refractivity contribution in [3.05, 3.63) is 52.0 Å². The summed E-state index contributed by atoms with van der Waals surface area (Å²) in [5.41, 5.74) is -0.691. The molecule has 1 aromatic heterocycles. The molecule has 2 aromatic rings. The van der Waals surface area contributed by atoms with Gasteiger partial charge in [-0.05, 0) is 80.3 Å². The molecule has 1 aliphatic rings. The van der Waals surface area contributed by atoms with Crippen LogP contribution in [0.1, 0.15) is 69.6 Å². The minimum Gasteiger partial charge on any atom is -0.444 e. The van der Waals surface area contributed by atoms with Crippen molar-refractivity contribution in [2.24, 2.45) is 11.8 Å². The number of hydrogen-bond acceptors (Lipinski definition) is 4. The molecule has 3 rings (SSSR count). The number of ether oxygens (including phenoxy) is 1. The quantitative estimate of drug-likeness (QED) is 0.383. The van der Waals surface area contributed by atoms with Crippen LogP contribution in [0.3, 0.4) is 0 Å². The van der Waals surface area contributed by atoms with E-state index in [9.17, 15) is 22.8 Å². The van der Waals surface area contributed by atoms with E-state index in [0.717, 1.165) is 18.4 Å². The van der Waals surface area contributed by atoms with Gasteiger partial charge in [0.1, 0.15) is 16.0 Å². The highest BCUT2D eigenvalue weighted by molar-refractivity contribution is 9.10. The number of aromatic nitrogens is 2. The highest BCUT2D eigenvalue weighted by Gasteiger charge is 2.37. The van der Waals surface area contributed by atoms with E-state index >= 15 is 0 Å². The molecule has 1 saturated carbocycles. The topological polar surface area (TPSA) is 96.1 Å². The van der Waals surface area contributed by atoms with Crippen LogP contribution in [-0.2, 0) is 22.1 Å². The van der Waals surface area contributed by atoms with Crippen LogP contribution in [0.5, 0.6) is 0 Å². The second-order valence-electron chi connectivity index (χ2n) is 10.1. The van der Waals surface area contributed by atoms with Gasteiger partial charge in [-0.3, -0.25) is 4.79 Å². The Morgan fingerprint density at radius 2 is 1.78 bits per heavy atom. The molecule has 1 fully saturated rings. The summed E-state index contributed by atoms with van der Waals surface area (Å²) in [4.78, 5) is 31.4. The van der Waals surface area contributed by atoms with E-state index in [1.165, 1.54) is 0 Å². The maximum Gasteiger partial charge on any atom is 0.433 e. The molecule has 11 heteroatoms. The highest BCUT2D eigenvalue weighted by Crippen LogP contribution is 2.35. The van der Waals surface area contributed by atoms with E-state index in [4.69, 9.17) is 4.74 Å². The number of benzene rings is 1. The molecule has 3 N–H and O–H groups in total. The Morgan fingerprint density at radius 3 is 2.33 bits per heavy atom. The van der Waals surface area contributed by atoms with E-state index in [-0.39, 0.29) is 28.2 Å². The summed E-state index contributed by atoms with van der Waals surface area (Å²) in [6, 6.07) is 8.47. The van der Waals surface area contributed by atoms with Crippen molar-refractivity contribution in [2.45, 2.75) is 70.7 Å². The monoisotopic (exact) mass is 572 g/mol. The average molecular weight is 573 g/mol. The molecule has 0 unspecified atom stereocenters. The Morgan fingerprint density at radius 1 is 1.14 bits per heavy atom. The fourth-order valence-corrected chi connectivity index (χ4v) is 4.76. The third-order valence-corrected chi connectivity index (χ3v) is 6.62. The lowest BCUT2D eigenvalue weighted by Gasteiger charge is -2.29. The number of carbonyl (C=O) groups is 2. The molecule has 36 heavy (non-hydrogen) atoms. The van der Waals surface area contributed by atoms with E-state index < -0.39 is 29.6 Å². The molecule has 1 heterocycles. The van der Waals surface area contributed by atoms with Gasteiger partial charge in [0, 0.05) is 12.5 Å². The predicted octanol–water partition coefficient (Wildman–Crippen LogP) is 5.92. The number of alkyl halides is 3. The highest BCUT2D eigenvalue weighted by atomic mass is 79.9. The summed E-state index contributed by atoms with van der Waals surface area (Å²) in [6.07, 6.45) is -2.02. The van der Waals surface area contributed by atoms with Crippen LogP contribution in [0.15, 0.2) is 34.9 Å². The Hall–Kier alpha value is -2.56. The van der Waals surface area contributed by atoms with Crippen LogP contribution in [-0.4, -0.2) is 34.1 Å². The number of nitrogens with zero attached hydrogens (tertiary/aromatic N) is 1. The zero-order valence-electron chi connectivity index (χ0n) is 20.5. The molecule has 0 spiro atoms. The van der Waals surface area contributed by atoms with Crippen LogP contribution in [0.25, 0.3) is 0 Å². The molecule has 198 valence electrons. The Balaban J connectivity index is 1.61. The summed E-state index contributed by atoms with van der Waals surface area (Å²) in [5.74, 6) is -0.198. The molecule has 1 aliphatic carbocycles. The summed E-state index contributed by atoms with van der Waals surface area (Å²) < 4.78 is 44.9. The fourth-order valence-electron chi connectivity index (χ4n) is 4.25. The molecule has 2 amide bonds. The minimum absolute atomic E-state index is 0.0432. The number of alkyl carbamates (subject to hydrolysis) is 1. The molecule has 0 bridgehead atoms. The van der Waals surface area contributed by atoms with Gasteiger partial charge in [-0.15, -0.1) is 0 Å². The largest absolute Gasteiger partial charge is 0.444 e.